The molecule has 0 aliphatic rings. The minimum Gasteiger partial charge on any atom is -0.489 e. The minimum atomic E-state index is -0.300. The van der Waals surface area contributed by atoms with Gasteiger partial charge in [0.05, 0.1) is 5.52 Å². The molecule has 0 radical (unpaired) electrons. The van der Waals surface area contributed by atoms with Gasteiger partial charge in [-0.15, -0.1) is 0 Å². The van der Waals surface area contributed by atoms with Crippen molar-refractivity contribution in [2.24, 2.45) is 0 Å². The average Bonchev–Trinajstić information content (AvgIpc) is 3.14. The monoisotopic (exact) mass is 417 g/mol. The number of carbonyl (C=O) groups is 1. The van der Waals surface area contributed by atoms with Crippen LogP contribution in [0.5, 0.6) is 5.75 Å². The number of hydrogen-bond donors (Lipinski definition) is 2. The number of amides is 1. The predicted molar refractivity (Wildman–Crippen MR) is 120 cm³/mol. The van der Waals surface area contributed by atoms with Gasteiger partial charge in [0.1, 0.15) is 18.2 Å². The summed E-state index contributed by atoms with van der Waals surface area (Å²) >= 11 is 0. The van der Waals surface area contributed by atoms with Crippen LogP contribution in [0.25, 0.3) is 10.9 Å². The van der Waals surface area contributed by atoms with Crippen LogP contribution in [0.4, 0.5) is 10.2 Å². The molecular weight excluding hydrogens is 393 g/mol. The van der Waals surface area contributed by atoms with Crippen molar-refractivity contribution in [1.82, 2.24) is 10.2 Å². The number of aromatic nitrogens is 2. The lowest BCUT2D eigenvalue weighted by Gasteiger charge is -2.18. The number of benzene rings is 3. The number of hydrogen-bond acceptors (Lipinski definition) is 3. The van der Waals surface area contributed by atoms with Crippen LogP contribution >= 0.6 is 0 Å². The maximum absolute atomic E-state index is 13.8. The normalized spacial score (nSPS) is 11.5. The molecule has 0 saturated heterocycles. The molecule has 1 amide bonds. The standard InChI is InChI=1S/C25H24FN3O2/c1-25(2,3)18-10-8-16(9-11-18)24(30)27-23-20-13-12-19(14-22(20)28-29-23)31-15-17-6-4-5-7-21(17)26/h4-14H,15H2,1-3H3,(H2,27,28,29,30). The molecule has 1 aromatic heterocycles. The van der Waals surface area contributed by atoms with Gasteiger partial charge in [0.2, 0.25) is 0 Å². The molecule has 0 unspecified atom stereocenters. The van der Waals surface area contributed by atoms with E-state index in [4.69, 9.17) is 4.74 Å². The largest absolute Gasteiger partial charge is 0.489 e. The summed E-state index contributed by atoms with van der Waals surface area (Å²) in [6.45, 7) is 6.52. The lowest BCUT2D eigenvalue weighted by molar-refractivity contribution is 0.102. The third-order valence-corrected chi connectivity index (χ3v) is 5.13. The van der Waals surface area contributed by atoms with Gasteiger partial charge in [-0.25, -0.2) is 4.39 Å². The molecule has 31 heavy (non-hydrogen) atoms. The molecule has 5 nitrogen and oxygen atoms in total. The zero-order valence-corrected chi connectivity index (χ0v) is 17.7. The van der Waals surface area contributed by atoms with Crippen LogP contribution in [0.15, 0.2) is 66.7 Å². The Kier molecular flexibility index (Phi) is 5.46. The first-order chi connectivity index (χ1) is 14.8. The molecule has 0 fully saturated rings. The number of halogens is 1. The van der Waals surface area contributed by atoms with Crippen molar-refractivity contribution in [2.45, 2.75) is 32.8 Å². The Morgan fingerprint density at radius 1 is 1.06 bits per heavy atom. The number of fused-ring (bicyclic) bond motifs is 1. The van der Waals surface area contributed by atoms with Crippen LogP contribution in [0.2, 0.25) is 0 Å². The summed E-state index contributed by atoms with van der Waals surface area (Å²) in [5.74, 6) is 0.495. The van der Waals surface area contributed by atoms with Crippen LogP contribution < -0.4 is 10.1 Å². The number of anilines is 1. The molecular formula is C25H24FN3O2. The lowest BCUT2D eigenvalue weighted by Crippen LogP contribution is -2.14. The minimum absolute atomic E-state index is 0.0272. The fourth-order valence-corrected chi connectivity index (χ4v) is 3.26. The van der Waals surface area contributed by atoms with Gasteiger partial charge in [-0.3, -0.25) is 9.89 Å². The molecule has 6 heteroatoms. The van der Waals surface area contributed by atoms with Gasteiger partial charge in [0.15, 0.2) is 5.82 Å². The third kappa shape index (κ3) is 4.58. The second-order valence-corrected chi connectivity index (χ2v) is 8.44. The molecule has 3 aromatic carbocycles. The fourth-order valence-electron chi connectivity index (χ4n) is 3.26. The highest BCUT2D eigenvalue weighted by atomic mass is 19.1. The molecule has 0 saturated carbocycles. The van der Waals surface area contributed by atoms with E-state index in [2.05, 4.69) is 36.3 Å². The second kappa shape index (κ2) is 8.22. The Labute approximate surface area is 180 Å². The Hall–Kier alpha value is -3.67. The number of carbonyl (C=O) groups excluding carboxylic acids is 1. The van der Waals surface area contributed by atoms with Gasteiger partial charge in [0.25, 0.3) is 5.91 Å². The first kappa shape index (κ1) is 20.6. The molecule has 0 aliphatic heterocycles. The van der Waals surface area contributed by atoms with E-state index in [-0.39, 0.29) is 23.7 Å². The maximum atomic E-state index is 13.8. The van der Waals surface area contributed by atoms with Gasteiger partial charge >= 0.3 is 0 Å². The summed E-state index contributed by atoms with van der Waals surface area (Å²) in [5.41, 5.74) is 2.95. The number of nitrogens with zero attached hydrogens (tertiary/aromatic N) is 1. The van der Waals surface area contributed by atoms with E-state index in [1.807, 2.05) is 30.3 Å². The number of aromatic amines is 1. The van der Waals surface area contributed by atoms with Crippen LogP contribution in [-0.4, -0.2) is 16.1 Å². The van der Waals surface area contributed by atoms with Gasteiger partial charge in [-0.05, 0) is 41.3 Å². The van der Waals surface area contributed by atoms with Crippen molar-refractivity contribution in [1.29, 1.82) is 0 Å². The maximum Gasteiger partial charge on any atom is 0.256 e. The van der Waals surface area contributed by atoms with E-state index in [1.165, 1.54) is 6.07 Å². The topological polar surface area (TPSA) is 67.0 Å². The van der Waals surface area contributed by atoms with Gasteiger partial charge in [-0.2, -0.15) is 5.10 Å². The average molecular weight is 417 g/mol. The second-order valence-electron chi connectivity index (χ2n) is 8.44. The summed E-state index contributed by atoms with van der Waals surface area (Å²) in [6.07, 6.45) is 0. The number of rotatable bonds is 5. The van der Waals surface area contributed by atoms with Crippen LogP contribution in [-0.2, 0) is 12.0 Å². The van der Waals surface area contributed by atoms with Gasteiger partial charge < -0.3 is 10.1 Å². The molecule has 0 bridgehead atoms. The number of ether oxygens (including phenoxy) is 1. The third-order valence-electron chi connectivity index (χ3n) is 5.13. The molecule has 4 rings (SSSR count). The number of nitrogens with one attached hydrogen (secondary N) is 2. The zero-order chi connectivity index (χ0) is 22.0. The molecule has 0 aliphatic carbocycles. The Morgan fingerprint density at radius 2 is 1.81 bits per heavy atom. The Balaban J connectivity index is 1.46. The van der Waals surface area contributed by atoms with E-state index >= 15 is 0 Å². The first-order valence-electron chi connectivity index (χ1n) is 10.1. The molecule has 0 atom stereocenters. The van der Waals surface area contributed by atoms with E-state index in [1.54, 1.807) is 30.3 Å². The molecule has 4 aromatic rings. The summed E-state index contributed by atoms with van der Waals surface area (Å²) in [7, 11) is 0. The van der Waals surface area contributed by atoms with Crippen molar-refractivity contribution < 1.29 is 13.9 Å². The van der Waals surface area contributed by atoms with Crippen molar-refractivity contribution in [3.8, 4) is 5.75 Å². The van der Waals surface area contributed by atoms with Crippen LogP contribution in [0.3, 0.4) is 0 Å². The summed E-state index contributed by atoms with van der Waals surface area (Å²) in [5, 5.41) is 10.7. The summed E-state index contributed by atoms with van der Waals surface area (Å²) in [4.78, 5) is 12.6. The first-order valence-corrected chi connectivity index (χ1v) is 10.1. The van der Waals surface area contributed by atoms with E-state index in [9.17, 15) is 9.18 Å². The zero-order valence-electron chi connectivity index (χ0n) is 17.7. The fraction of sp³-hybridized carbons (Fsp3) is 0.200. The molecule has 1 heterocycles. The molecule has 158 valence electrons. The number of H-pyrrole nitrogens is 1. The molecule has 2 N–H and O–H groups in total. The van der Waals surface area contributed by atoms with Crippen LogP contribution in [0, 0.1) is 5.82 Å². The Morgan fingerprint density at radius 3 is 2.52 bits per heavy atom. The highest BCUT2D eigenvalue weighted by molar-refractivity contribution is 6.07. The quantitative estimate of drug-likeness (QED) is 0.429. The van der Waals surface area contributed by atoms with E-state index in [0.717, 1.165) is 10.9 Å². The smallest absolute Gasteiger partial charge is 0.256 e. The SMILES string of the molecule is CC(C)(C)c1ccc(C(=O)Nc2n[nH]c3cc(OCc4ccccc4F)ccc23)cc1. The lowest BCUT2D eigenvalue weighted by atomic mass is 9.87. The molecule has 0 spiro atoms. The van der Waals surface area contributed by atoms with Crippen molar-refractivity contribution in [3.63, 3.8) is 0 Å². The predicted octanol–water partition coefficient (Wildman–Crippen LogP) is 5.83. The Bertz CT molecular complexity index is 1220. The van der Waals surface area contributed by atoms with E-state index < -0.39 is 0 Å². The van der Waals surface area contributed by atoms with Crippen molar-refractivity contribution in [3.05, 3.63) is 89.2 Å². The van der Waals surface area contributed by atoms with Crippen molar-refractivity contribution in [2.75, 3.05) is 5.32 Å². The summed E-state index contributed by atoms with van der Waals surface area (Å²) < 4.78 is 19.5. The van der Waals surface area contributed by atoms with Gasteiger partial charge in [-0.1, -0.05) is 51.1 Å². The van der Waals surface area contributed by atoms with E-state index in [0.29, 0.717) is 28.2 Å². The van der Waals surface area contributed by atoms with Crippen molar-refractivity contribution >= 4 is 22.6 Å². The van der Waals surface area contributed by atoms with Crippen LogP contribution in [0.1, 0.15) is 42.3 Å². The summed E-state index contributed by atoms with van der Waals surface area (Å²) in [6, 6.07) is 19.4. The van der Waals surface area contributed by atoms with Gasteiger partial charge in [0, 0.05) is 22.6 Å². The highest BCUT2D eigenvalue weighted by Gasteiger charge is 2.16. The highest BCUT2D eigenvalue weighted by Crippen LogP contribution is 2.26.